The van der Waals surface area contributed by atoms with Gasteiger partial charge in [0.2, 0.25) is 0 Å². The van der Waals surface area contributed by atoms with E-state index in [2.05, 4.69) is 15.9 Å². The second-order valence-electron chi connectivity index (χ2n) is 8.06. The zero-order chi connectivity index (χ0) is 27.0. The molecule has 12 heteroatoms. The van der Waals surface area contributed by atoms with E-state index >= 15 is 0 Å². The summed E-state index contributed by atoms with van der Waals surface area (Å²) in [6.45, 7) is -0.0346. The van der Waals surface area contributed by atoms with Gasteiger partial charge in [0.25, 0.3) is 0 Å². The summed E-state index contributed by atoms with van der Waals surface area (Å²) in [5, 5.41) is 0. The molecule has 1 aromatic heterocycles. The zero-order valence-corrected chi connectivity index (χ0v) is 21.7. The Hall–Kier alpha value is -3.37. The van der Waals surface area contributed by atoms with E-state index in [0.717, 1.165) is 6.07 Å². The minimum atomic E-state index is -5.75. The molecule has 0 aliphatic heterocycles. The van der Waals surface area contributed by atoms with Crippen LogP contribution in [0.4, 0.5) is 8.78 Å². The summed E-state index contributed by atoms with van der Waals surface area (Å²) >= 11 is 2.98. The van der Waals surface area contributed by atoms with Crippen molar-refractivity contribution < 1.29 is 32.7 Å². The standard InChI is InChI=1S/C25H20BrF2N2O6P/c1-36-23(31)18-10-8-17(9-11-18)22-15-29(19-5-3-2-4-6-19)24(32)30(22)14-16-7-12-20(21(26)13-16)25(27,28)37(33,34)35/h2-13,15H,14H2,1H3,(H2,33,34,35). The van der Waals surface area contributed by atoms with Gasteiger partial charge in [-0.3, -0.25) is 13.7 Å². The number of halogens is 3. The Kier molecular flexibility index (Phi) is 7.34. The zero-order valence-electron chi connectivity index (χ0n) is 19.2. The molecule has 8 nitrogen and oxygen atoms in total. The van der Waals surface area contributed by atoms with Gasteiger partial charge in [-0.25, -0.2) is 9.59 Å². The summed E-state index contributed by atoms with van der Waals surface area (Å²) in [5.41, 5.74) is -3.18. The third-order valence-corrected chi connectivity index (χ3v) is 7.31. The number of carbonyl (C=O) groups is 1. The molecular weight excluding hydrogens is 573 g/mol. The molecule has 0 aliphatic rings. The highest BCUT2D eigenvalue weighted by Crippen LogP contribution is 2.60. The number of para-hydroxylation sites is 1. The van der Waals surface area contributed by atoms with E-state index in [9.17, 15) is 22.9 Å². The lowest BCUT2D eigenvalue weighted by Gasteiger charge is -2.19. The monoisotopic (exact) mass is 592 g/mol. The molecular formula is C25H20BrF2N2O6P. The highest BCUT2D eigenvalue weighted by molar-refractivity contribution is 9.10. The van der Waals surface area contributed by atoms with Crippen molar-refractivity contribution in [3.05, 3.63) is 111 Å². The van der Waals surface area contributed by atoms with Crippen LogP contribution in [-0.4, -0.2) is 32.0 Å². The van der Waals surface area contributed by atoms with E-state index in [1.54, 1.807) is 54.7 Å². The van der Waals surface area contributed by atoms with Gasteiger partial charge in [0.1, 0.15) is 0 Å². The number of rotatable bonds is 7. The van der Waals surface area contributed by atoms with Gasteiger partial charge in [-0.05, 0) is 41.5 Å². The fraction of sp³-hybridized carbons (Fsp3) is 0.120. The summed E-state index contributed by atoms with van der Waals surface area (Å²) < 4.78 is 47.2. The molecule has 0 aliphatic carbocycles. The molecule has 4 rings (SSSR count). The van der Waals surface area contributed by atoms with Crippen LogP contribution in [0.15, 0.2) is 88.3 Å². The highest BCUT2D eigenvalue weighted by Gasteiger charge is 2.51. The van der Waals surface area contributed by atoms with Gasteiger partial charge in [0.15, 0.2) is 0 Å². The first-order valence-electron chi connectivity index (χ1n) is 10.7. The lowest BCUT2D eigenvalue weighted by Crippen LogP contribution is -2.24. The molecule has 0 fully saturated rings. The minimum Gasteiger partial charge on any atom is -0.465 e. The minimum absolute atomic E-state index is 0.0346. The average Bonchev–Trinajstić information content (AvgIpc) is 3.19. The maximum absolute atomic E-state index is 14.3. The van der Waals surface area contributed by atoms with Crippen molar-refractivity contribution in [1.29, 1.82) is 0 Å². The molecule has 0 unspecified atom stereocenters. The van der Waals surface area contributed by atoms with Crippen molar-refractivity contribution in [1.82, 2.24) is 9.13 Å². The van der Waals surface area contributed by atoms with E-state index in [4.69, 9.17) is 14.5 Å². The molecule has 0 radical (unpaired) electrons. The molecule has 1 heterocycles. The van der Waals surface area contributed by atoms with Gasteiger partial charge in [-0.1, -0.05) is 58.4 Å². The number of ether oxygens (including phenoxy) is 1. The molecule has 0 spiro atoms. The van der Waals surface area contributed by atoms with E-state index in [1.165, 1.54) is 28.4 Å². The molecule has 0 amide bonds. The summed E-state index contributed by atoms with van der Waals surface area (Å²) in [4.78, 5) is 43.4. The number of hydrogen-bond donors (Lipinski definition) is 2. The second-order valence-corrected chi connectivity index (χ2v) is 10.6. The van der Waals surface area contributed by atoms with E-state index in [-0.39, 0.29) is 11.0 Å². The van der Waals surface area contributed by atoms with Crippen LogP contribution in [0.5, 0.6) is 0 Å². The van der Waals surface area contributed by atoms with Gasteiger partial charge >= 0.3 is 24.9 Å². The molecule has 0 atom stereocenters. The number of hydrogen-bond acceptors (Lipinski definition) is 4. The van der Waals surface area contributed by atoms with Crippen LogP contribution in [0.2, 0.25) is 0 Å². The molecule has 37 heavy (non-hydrogen) atoms. The van der Waals surface area contributed by atoms with Crippen molar-refractivity contribution in [3.63, 3.8) is 0 Å². The van der Waals surface area contributed by atoms with Crippen LogP contribution < -0.4 is 5.69 Å². The van der Waals surface area contributed by atoms with Crippen LogP contribution in [0.25, 0.3) is 16.9 Å². The smallest absolute Gasteiger partial charge is 0.399 e. The van der Waals surface area contributed by atoms with Crippen molar-refractivity contribution in [2.75, 3.05) is 7.11 Å². The SMILES string of the molecule is COC(=O)c1ccc(-c2cn(-c3ccccc3)c(=O)n2Cc2ccc(C(F)(F)P(=O)(O)O)c(Br)c2)cc1. The number of methoxy groups -OCH3 is 1. The van der Waals surface area contributed by atoms with E-state index in [0.29, 0.717) is 28.1 Å². The Morgan fingerprint density at radius 1 is 1.05 bits per heavy atom. The van der Waals surface area contributed by atoms with Crippen LogP contribution in [0.1, 0.15) is 21.5 Å². The van der Waals surface area contributed by atoms with Crippen molar-refractivity contribution in [2.45, 2.75) is 12.2 Å². The summed E-state index contributed by atoms with van der Waals surface area (Å²) in [5.74, 6) is -0.511. The Balaban J connectivity index is 1.80. The molecule has 0 saturated heterocycles. The van der Waals surface area contributed by atoms with Gasteiger partial charge in [-0.15, -0.1) is 0 Å². The highest BCUT2D eigenvalue weighted by atomic mass is 79.9. The number of esters is 1. The number of imidazole rings is 1. The van der Waals surface area contributed by atoms with Gasteiger partial charge < -0.3 is 14.5 Å². The number of aromatic nitrogens is 2. The van der Waals surface area contributed by atoms with Crippen LogP contribution in [0.3, 0.4) is 0 Å². The van der Waals surface area contributed by atoms with Gasteiger partial charge in [0, 0.05) is 16.2 Å². The molecule has 4 aromatic rings. The Bertz CT molecular complexity index is 1560. The fourth-order valence-electron chi connectivity index (χ4n) is 3.77. The second kappa shape index (κ2) is 10.2. The van der Waals surface area contributed by atoms with Gasteiger partial charge in [0.05, 0.1) is 30.6 Å². The molecule has 3 aromatic carbocycles. The number of benzene rings is 3. The number of carbonyl (C=O) groups excluding carboxylic acids is 1. The van der Waals surface area contributed by atoms with Crippen molar-refractivity contribution in [3.8, 4) is 16.9 Å². The quantitative estimate of drug-likeness (QED) is 0.227. The summed E-state index contributed by atoms with van der Waals surface area (Å²) in [6, 6.07) is 18.8. The first-order valence-corrected chi connectivity index (χ1v) is 13.1. The Morgan fingerprint density at radius 2 is 1.70 bits per heavy atom. The maximum Gasteiger partial charge on any atom is 0.399 e. The normalized spacial score (nSPS) is 11.9. The summed E-state index contributed by atoms with van der Waals surface area (Å²) in [7, 11) is -4.48. The van der Waals surface area contributed by atoms with Crippen molar-refractivity contribution >= 4 is 29.5 Å². The predicted molar refractivity (Wildman–Crippen MR) is 136 cm³/mol. The third kappa shape index (κ3) is 5.21. The van der Waals surface area contributed by atoms with E-state index < -0.39 is 30.5 Å². The van der Waals surface area contributed by atoms with E-state index in [1.807, 2.05) is 6.07 Å². The predicted octanol–water partition coefficient (Wildman–Crippen LogP) is 5.13. The van der Waals surface area contributed by atoms with Crippen LogP contribution in [0, 0.1) is 0 Å². The lowest BCUT2D eigenvalue weighted by atomic mass is 10.1. The topological polar surface area (TPSA) is 111 Å². The van der Waals surface area contributed by atoms with Crippen molar-refractivity contribution in [2.24, 2.45) is 0 Å². The number of nitrogens with zero attached hydrogens (tertiary/aromatic N) is 2. The largest absolute Gasteiger partial charge is 0.465 e. The number of alkyl halides is 2. The first-order chi connectivity index (χ1) is 17.4. The molecule has 192 valence electrons. The van der Waals surface area contributed by atoms with Crippen LogP contribution >= 0.6 is 23.5 Å². The van der Waals surface area contributed by atoms with Crippen LogP contribution in [-0.2, 0) is 21.5 Å². The molecule has 2 N–H and O–H groups in total. The Morgan fingerprint density at radius 3 is 2.27 bits per heavy atom. The molecule has 0 bridgehead atoms. The summed E-state index contributed by atoms with van der Waals surface area (Å²) in [6.07, 6.45) is 1.64. The lowest BCUT2D eigenvalue weighted by molar-refractivity contribution is 0.0557. The Labute approximate surface area is 218 Å². The first kappa shape index (κ1) is 26.7. The fourth-order valence-corrected chi connectivity index (χ4v) is 5.11. The third-order valence-electron chi connectivity index (χ3n) is 5.68. The van der Waals surface area contributed by atoms with Gasteiger partial charge in [-0.2, -0.15) is 8.78 Å². The maximum atomic E-state index is 14.3. The average molecular weight is 593 g/mol. The molecule has 0 saturated carbocycles.